The van der Waals surface area contributed by atoms with Gasteiger partial charge in [0.25, 0.3) is 0 Å². The summed E-state index contributed by atoms with van der Waals surface area (Å²) in [6.07, 6.45) is 6.05. The van der Waals surface area contributed by atoms with E-state index >= 15 is 0 Å². The third-order valence-corrected chi connectivity index (χ3v) is 4.06. The standard InChI is InChI=1S/C14H25N3O/c1-14(11-15,16-12-4-5-12)7-3-8-17-9-6-13(10-17)18-2/h12-13,16H,3-10H2,1-2H3. The maximum atomic E-state index is 9.29. The molecule has 1 heterocycles. The zero-order valence-electron chi connectivity index (χ0n) is 11.6. The number of rotatable bonds is 7. The SMILES string of the molecule is COC1CCN(CCCC(C)(C#N)NC2CC2)C1. The molecule has 2 rings (SSSR count). The summed E-state index contributed by atoms with van der Waals surface area (Å²) in [4.78, 5) is 2.45. The van der Waals surface area contributed by atoms with Gasteiger partial charge in [-0.3, -0.25) is 5.32 Å². The second-order valence-corrected chi connectivity index (χ2v) is 5.91. The van der Waals surface area contributed by atoms with Crippen molar-refractivity contribution in [2.75, 3.05) is 26.7 Å². The summed E-state index contributed by atoms with van der Waals surface area (Å²) >= 11 is 0. The van der Waals surface area contributed by atoms with Gasteiger partial charge in [0.1, 0.15) is 5.54 Å². The van der Waals surface area contributed by atoms with E-state index in [0.717, 1.165) is 38.9 Å². The van der Waals surface area contributed by atoms with Crippen LogP contribution >= 0.6 is 0 Å². The molecule has 0 radical (unpaired) electrons. The van der Waals surface area contributed by atoms with Crippen molar-refractivity contribution >= 4 is 0 Å². The van der Waals surface area contributed by atoms with E-state index in [2.05, 4.69) is 16.3 Å². The van der Waals surface area contributed by atoms with Gasteiger partial charge in [0.15, 0.2) is 0 Å². The van der Waals surface area contributed by atoms with Gasteiger partial charge in [0.05, 0.1) is 12.2 Å². The fraction of sp³-hybridized carbons (Fsp3) is 0.929. The summed E-state index contributed by atoms with van der Waals surface area (Å²) in [5.74, 6) is 0. The van der Waals surface area contributed by atoms with Gasteiger partial charge in [-0.1, -0.05) is 0 Å². The highest BCUT2D eigenvalue weighted by molar-refractivity contribution is 5.07. The van der Waals surface area contributed by atoms with E-state index in [4.69, 9.17) is 4.74 Å². The van der Waals surface area contributed by atoms with Crippen LogP contribution in [-0.4, -0.2) is 49.3 Å². The highest BCUT2D eigenvalue weighted by atomic mass is 16.5. The Balaban J connectivity index is 1.66. The lowest BCUT2D eigenvalue weighted by atomic mass is 9.97. The van der Waals surface area contributed by atoms with E-state index in [9.17, 15) is 5.26 Å². The fourth-order valence-corrected chi connectivity index (χ4v) is 2.69. The number of nitrogens with zero attached hydrogens (tertiary/aromatic N) is 2. The van der Waals surface area contributed by atoms with E-state index in [0.29, 0.717) is 12.1 Å². The first-order chi connectivity index (χ1) is 8.65. The minimum absolute atomic E-state index is 0.332. The van der Waals surface area contributed by atoms with Crippen molar-refractivity contribution in [1.29, 1.82) is 5.26 Å². The molecule has 1 saturated heterocycles. The Morgan fingerprint density at radius 3 is 2.78 bits per heavy atom. The summed E-state index contributed by atoms with van der Waals surface area (Å²) in [5, 5.41) is 12.7. The minimum Gasteiger partial charge on any atom is -0.380 e. The van der Waals surface area contributed by atoms with Crippen molar-refractivity contribution in [3.05, 3.63) is 0 Å². The molecule has 2 atom stereocenters. The summed E-state index contributed by atoms with van der Waals surface area (Å²) in [5.41, 5.74) is -0.332. The van der Waals surface area contributed by atoms with Crippen molar-refractivity contribution in [1.82, 2.24) is 10.2 Å². The molecule has 4 heteroatoms. The smallest absolute Gasteiger partial charge is 0.104 e. The average Bonchev–Trinajstić information content (AvgIpc) is 3.05. The van der Waals surface area contributed by atoms with Crippen LogP contribution in [0, 0.1) is 11.3 Å². The Bertz CT molecular complexity index is 311. The molecule has 1 aliphatic carbocycles. The third-order valence-electron chi connectivity index (χ3n) is 4.06. The molecule has 2 aliphatic rings. The molecule has 102 valence electrons. The fourth-order valence-electron chi connectivity index (χ4n) is 2.69. The van der Waals surface area contributed by atoms with E-state index in [-0.39, 0.29) is 5.54 Å². The first kappa shape index (κ1) is 13.8. The number of nitrogens with one attached hydrogen (secondary N) is 1. The van der Waals surface area contributed by atoms with Gasteiger partial charge in [-0.05, 0) is 45.6 Å². The summed E-state index contributed by atoms with van der Waals surface area (Å²) in [7, 11) is 1.79. The van der Waals surface area contributed by atoms with E-state index in [1.807, 2.05) is 6.92 Å². The maximum absolute atomic E-state index is 9.29. The van der Waals surface area contributed by atoms with Crippen LogP contribution in [0.3, 0.4) is 0 Å². The highest BCUT2D eigenvalue weighted by Gasteiger charge is 2.32. The van der Waals surface area contributed by atoms with Crippen LogP contribution in [0.15, 0.2) is 0 Å². The molecule has 0 spiro atoms. The predicted molar refractivity (Wildman–Crippen MR) is 71.3 cm³/mol. The lowest BCUT2D eigenvalue weighted by molar-refractivity contribution is 0.107. The Kier molecular flexibility index (Phi) is 4.60. The maximum Gasteiger partial charge on any atom is 0.104 e. The molecule has 0 amide bonds. The molecule has 4 nitrogen and oxygen atoms in total. The average molecular weight is 251 g/mol. The molecular weight excluding hydrogens is 226 g/mol. The molecular formula is C14H25N3O. The normalized spacial score (nSPS) is 27.9. The van der Waals surface area contributed by atoms with Crippen molar-refractivity contribution in [3.8, 4) is 6.07 Å². The lowest BCUT2D eigenvalue weighted by Gasteiger charge is -2.24. The van der Waals surface area contributed by atoms with Crippen molar-refractivity contribution in [3.63, 3.8) is 0 Å². The van der Waals surface area contributed by atoms with Crippen molar-refractivity contribution in [2.45, 2.75) is 56.7 Å². The van der Waals surface area contributed by atoms with Crippen molar-refractivity contribution < 1.29 is 4.74 Å². The van der Waals surface area contributed by atoms with Gasteiger partial charge in [0.2, 0.25) is 0 Å². The van der Waals surface area contributed by atoms with Crippen LogP contribution in [0.5, 0.6) is 0 Å². The Labute approximate surface area is 110 Å². The Hall–Kier alpha value is -0.630. The molecule has 18 heavy (non-hydrogen) atoms. The lowest BCUT2D eigenvalue weighted by Crippen LogP contribution is -2.42. The number of likely N-dealkylation sites (tertiary alicyclic amines) is 1. The molecule has 1 aliphatic heterocycles. The number of hydrogen-bond donors (Lipinski definition) is 1. The van der Waals surface area contributed by atoms with E-state index in [1.54, 1.807) is 7.11 Å². The first-order valence-electron chi connectivity index (χ1n) is 7.09. The van der Waals surface area contributed by atoms with Crippen LogP contribution in [0.2, 0.25) is 0 Å². The topological polar surface area (TPSA) is 48.3 Å². The van der Waals surface area contributed by atoms with Crippen LogP contribution in [-0.2, 0) is 4.74 Å². The number of hydrogen-bond acceptors (Lipinski definition) is 4. The number of methoxy groups -OCH3 is 1. The second-order valence-electron chi connectivity index (χ2n) is 5.91. The van der Waals surface area contributed by atoms with Gasteiger partial charge < -0.3 is 9.64 Å². The number of ether oxygens (including phenoxy) is 1. The monoisotopic (exact) mass is 251 g/mol. The molecule has 1 N–H and O–H groups in total. The van der Waals surface area contributed by atoms with Crippen LogP contribution in [0.25, 0.3) is 0 Å². The molecule has 0 aromatic heterocycles. The molecule has 2 unspecified atom stereocenters. The molecule has 0 bridgehead atoms. The Morgan fingerprint density at radius 1 is 1.44 bits per heavy atom. The largest absolute Gasteiger partial charge is 0.380 e. The van der Waals surface area contributed by atoms with Gasteiger partial charge >= 0.3 is 0 Å². The quantitative estimate of drug-likeness (QED) is 0.745. The Morgan fingerprint density at radius 2 is 2.22 bits per heavy atom. The van der Waals surface area contributed by atoms with E-state index < -0.39 is 0 Å². The zero-order chi connectivity index (χ0) is 13.0. The summed E-state index contributed by atoms with van der Waals surface area (Å²) in [6, 6.07) is 3.04. The predicted octanol–water partition coefficient (Wildman–Crippen LogP) is 1.52. The van der Waals surface area contributed by atoms with Crippen LogP contribution in [0.4, 0.5) is 0 Å². The van der Waals surface area contributed by atoms with Crippen LogP contribution < -0.4 is 5.32 Å². The molecule has 1 saturated carbocycles. The number of nitriles is 1. The third kappa shape index (κ3) is 3.94. The summed E-state index contributed by atoms with van der Waals surface area (Å²) < 4.78 is 5.36. The summed E-state index contributed by atoms with van der Waals surface area (Å²) in [6.45, 7) is 5.31. The minimum atomic E-state index is -0.332. The van der Waals surface area contributed by atoms with Crippen LogP contribution in [0.1, 0.15) is 39.0 Å². The first-order valence-corrected chi connectivity index (χ1v) is 7.09. The van der Waals surface area contributed by atoms with Gasteiger partial charge in [-0.25, -0.2) is 0 Å². The van der Waals surface area contributed by atoms with Gasteiger partial charge in [-0.2, -0.15) is 5.26 Å². The molecule has 0 aromatic carbocycles. The van der Waals surface area contributed by atoms with Gasteiger partial charge in [-0.15, -0.1) is 0 Å². The molecule has 0 aromatic rings. The highest BCUT2D eigenvalue weighted by Crippen LogP contribution is 2.24. The molecule has 2 fully saturated rings. The second kappa shape index (κ2) is 6.01. The van der Waals surface area contributed by atoms with Crippen molar-refractivity contribution in [2.24, 2.45) is 0 Å². The zero-order valence-corrected chi connectivity index (χ0v) is 11.6. The van der Waals surface area contributed by atoms with E-state index in [1.165, 1.54) is 12.8 Å². The van der Waals surface area contributed by atoms with Gasteiger partial charge in [0, 0.05) is 26.2 Å².